The van der Waals surface area contributed by atoms with Crippen LogP contribution in [0, 0.1) is 11.8 Å². The molecule has 19 heavy (non-hydrogen) atoms. The molecule has 2 rings (SSSR count). The number of pyridine rings is 2. The lowest BCUT2D eigenvalue weighted by Crippen LogP contribution is -2.14. The van der Waals surface area contributed by atoms with Crippen molar-refractivity contribution >= 4 is 11.7 Å². The fraction of sp³-hybridized carbons (Fsp3) is 0.0714. The van der Waals surface area contributed by atoms with Gasteiger partial charge in [-0.3, -0.25) is 9.78 Å². The molecule has 2 N–H and O–H groups in total. The minimum Gasteiger partial charge on any atom is -0.384 e. The van der Waals surface area contributed by atoms with Crippen molar-refractivity contribution in [2.75, 3.05) is 11.9 Å². The van der Waals surface area contributed by atoms with E-state index in [1.807, 2.05) is 0 Å². The van der Waals surface area contributed by atoms with Gasteiger partial charge in [0.15, 0.2) is 0 Å². The summed E-state index contributed by atoms with van der Waals surface area (Å²) in [6, 6.07) is 6.81. The van der Waals surface area contributed by atoms with Crippen molar-refractivity contribution in [1.29, 1.82) is 0 Å². The van der Waals surface area contributed by atoms with Crippen LogP contribution < -0.4 is 5.32 Å². The summed E-state index contributed by atoms with van der Waals surface area (Å²) in [5, 5.41) is 11.4. The Morgan fingerprint density at radius 1 is 1.32 bits per heavy atom. The molecule has 0 unspecified atom stereocenters. The van der Waals surface area contributed by atoms with Crippen LogP contribution in [0.25, 0.3) is 0 Å². The summed E-state index contributed by atoms with van der Waals surface area (Å²) in [6.45, 7) is -0.268. The van der Waals surface area contributed by atoms with Crippen molar-refractivity contribution in [2.24, 2.45) is 0 Å². The van der Waals surface area contributed by atoms with Crippen LogP contribution >= 0.6 is 0 Å². The minimum atomic E-state index is -0.316. The van der Waals surface area contributed by atoms with Crippen LogP contribution in [-0.4, -0.2) is 27.6 Å². The van der Waals surface area contributed by atoms with Gasteiger partial charge in [0.05, 0.1) is 11.1 Å². The molecule has 5 heteroatoms. The molecule has 0 saturated heterocycles. The molecule has 0 aliphatic carbocycles. The van der Waals surface area contributed by atoms with Crippen LogP contribution in [0.5, 0.6) is 0 Å². The first kappa shape index (κ1) is 12.7. The molecule has 0 fully saturated rings. The van der Waals surface area contributed by atoms with Crippen molar-refractivity contribution in [3.8, 4) is 11.8 Å². The molecule has 0 saturated carbocycles. The molecule has 5 nitrogen and oxygen atoms in total. The van der Waals surface area contributed by atoms with Crippen LogP contribution in [0.3, 0.4) is 0 Å². The molecule has 0 aliphatic heterocycles. The summed E-state index contributed by atoms with van der Waals surface area (Å²) in [4.78, 5) is 20.0. The second-order valence-corrected chi connectivity index (χ2v) is 3.55. The number of nitrogens with one attached hydrogen (secondary N) is 1. The average molecular weight is 253 g/mol. The quantitative estimate of drug-likeness (QED) is 0.785. The van der Waals surface area contributed by atoms with Crippen LogP contribution in [0.1, 0.15) is 15.9 Å². The molecule has 2 aromatic heterocycles. The maximum Gasteiger partial charge on any atom is 0.258 e. The highest BCUT2D eigenvalue weighted by Gasteiger charge is 2.10. The number of carbonyl (C=O) groups is 1. The number of hydrogen-bond donors (Lipinski definition) is 2. The van der Waals surface area contributed by atoms with E-state index in [0.29, 0.717) is 16.9 Å². The largest absolute Gasteiger partial charge is 0.384 e. The van der Waals surface area contributed by atoms with E-state index in [-0.39, 0.29) is 12.5 Å². The molecule has 94 valence electrons. The third kappa shape index (κ3) is 3.37. The van der Waals surface area contributed by atoms with Gasteiger partial charge in [0.25, 0.3) is 5.91 Å². The number of aliphatic hydroxyl groups excluding tert-OH is 1. The van der Waals surface area contributed by atoms with Gasteiger partial charge in [0.2, 0.25) is 0 Å². The van der Waals surface area contributed by atoms with Gasteiger partial charge in [-0.1, -0.05) is 17.9 Å². The molecule has 0 spiro atoms. The van der Waals surface area contributed by atoms with E-state index in [2.05, 4.69) is 27.1 Å². The monoisotopic (exact) mass is 253 g/mol. The lowest BCUT2D eigenvalue weighted by molar-refractivity contribution is 0.102. The Morgan fingerprint density at radius 3 is 2.95 bits per heavy atom. The summed E-state index contributed by atoms with van der Waals surface area (Å²) in [5.74, 6) is 5.33. The molecule has 0 bridgehead atoms. The Hall–Kier alpha value is -2.71. The highest BCUT2D eigenvalue weighted by Crippen LogP contribution is 2.09. The fourth-order valence-electron chi connectivity index (χ4n) is 1.45. The SMILES string of the molecule is O=C(Nc1ccccn1)c1ccncc1C#CCO. The van der Waals surface area contributed by atoms with Crippen molar-refractivity contribution in [3.05, 3.63) is 54.0 Å². The van der Waals surface area contributed by atoms with Gasteiger partial charge < -0.3 is 10.4 Å². The van der Waals surface area contributed by atoms with E-state index < -0.39 is 0 Å². The minimum absolute atomic E-state index is 0.268. The average Bonchev–Trinajstić information content (AvgIpc) is 2.46. The summed E-state index contributed by atoms with van der Waals surface area (Å²) in [6.07, 6.45) is 4.59. The first-order valence-electron chi connectivity index (χ1n) is 5.57. The summed E-state index contributed by atoms with van der Waals surface area (Å²) < 4.78 is 0. The number of rotatable bonds is 2. The zero-order valence-electron chi connectivity index (χ0n) is 10.00. The van der Waals surface area contributed by atoms with Gasteiger partial charge >= 0.3 is 0 Å². The third-order valence-electron chi connectivity index (χ3n) is 2.27. The molecule has 0 aromatic carbocycles. The highest BCUT2D eigenvalue weighted by molar-refractivity contribution is 6.05. The summed E-state index contributed by atoms with van der Waals surface area (Å²) in [5.41, 5.74) is 0.853. The van der Waals surface area contributed by atoms with Gasteiger partial charge in [-0.15, -0.1) is 0 Å². The predicted octanol–water partition coefficient (Wildman–Crippen LogP) is 1.07. The van der Waals surface area contributed by atoms with Crippen molar-refractivity contribution in [1.82, 2.24) is 9.97 Å². The van der Waals surface area contributed by atoms with E-state index in [1.54, 1.807) is 30.5 Å². The number of hydrogen-bond acceptors (Lipinski definition) is 4. The zero-order chi connectivity index (χ0) is 13.5. The molecular weight excluding hydrogens is 242 g/mol. The molecule has 2 aromatic rings. The maximum absolute atomic E-state index is 12.1. The number of amides is 1. The Morgan fingerprint density at radius 2 is 2.21 bits per heavy atom. The third-order valence-corrected chi connectivity index (χ3v) is 2.27. The van der Waals surface area contributed by atoms with Gasteiger partial charge in [0.1, 0.15) is 12.4 Å². The van der Waals surface area contributed by atoms with Gasteiger partial charge in [-0.25, -0.2) is 4.98 Å². The van der Waals surface area contributed by atoms with E-state index in [4.69, 9.17) is 5.11 Å². The van der Waals surface area contributed by atoms with Crippen LogP contribution in [0.2, 0.25) is 0 Å². The van der Waals surface area contributed by atoms with Gasteiger partial charge in [0, 0.05) is 18.6 Å². The number of aromatic nitrogens is 2. The molecule has 2 heterocycles. The Labute approximate surface area is 110 Å². The number of nitrogens with zero attached hydrogens (tertiary/aromatic N) is 2. The first-order valence-corrected chi connectivity index (χ1v) is 5.57. The summed E-state index contributed by atoms with van der Waals surface area (Å²) >= 11 is 0. The number of aliphatic hydroxyl groups is 1. The van der Waals surface area contributed by atoms with E-state index >= 15 is 0 Å². The number of anilines is 1. The van der Waals surface area contributed by atoms with E-state index in [0.717, 1.165) is 0 Å². The second kappa shape index (κ2) is 6.28. The molecular formula is C14H11N3O2. The fourth-order valence-corrected chi connectivity index (χ4v) is 1.45. The van der Waals surface area contributed by atoms with Crippen LogP contribution in [0.15, 0.2) is 42.9 Å². The standard InChI is InChI=1S/C14H11N3O2/c18-9-3-4-11-10-15-8-6-12(11)14(19)17-13-5-1-2-7-16-13/h1-2,5-8,10,18H,9H2,(H,16,17,19). The Balaban J connectivity index is 2.24. The smallest absolute Gasteiger partial charge is 0.258 e. The predicted molar refractivity (Wildman–Crippen MR) is 70.4 cm³/mol. The molecule has 0 atom stereocenters. The lowest BCUT2D eigenvalue weighted by atomic mass is 10.1. The molecule has 1 amide bonds. The maximum atomic E-state index is 12.1. The Bertz CT molecular complexity index is 630. The highest BCUT2D eigenvalue weighted by atomic mass is 16.2. The zero-order valence-corrected chi connectivity index (χ0v) is 10.00. The topological polar surface area (TPSA) is 75.1 Å². The van der Waals surface area contributed by atoms with Crippen molar-refractivity contribution < 1.29 is 9.90 Å². The van der Waals surface area contributed by atoms with Gasteiger partial charge in [-0.05, 0) is 18.2 Å². The van der Waals surface area contributed by atoms with Crippen molar-refractivity contribution in [2.45, 2.75) is 0 Å². The lowest BCUT2D eigenvalue weighted by Gasteiger charge is -2.05. The molecule has 0 aliphatic rings. The Kier molecular flexibility index (Phi) is 4.21. The van der Waals surface area contributed by atoms with E-state index in [1.165, 1.54) is 12.4 Å². The summed E-state index contributed by atoms with van der Waals surface area (Å²) in [7, 11) is 0. The normalized spacial score (nSPS) is 9.32. The van der Waals surface area contributed by atoms with Crippen LogP contribution in [0.4, 0.5) is 5.82 Å². The first-order chi connectivity index (χ1) is 9.31. The van der Waals surface area contributed by atoms with Crippen LogP contribution in [-0.2, 0) is 0 Å². The van der Waals surface area contributed by atoms with E-state index in [9.17, 15) is 4.79 Å². The van der Waals surface area contributed by atoms with Crippen molar-refractivity contribution in [3.63, 3.8) is 0 Å². The second-order valence-electron chi connectivity index (χ2n) is 3.55. The number of carbonyl (C=O) groups excluding carboxylic acids is 1. The molecule has 0 radical (unpaired) electrons. The van der Waals surface area contributed by atoms with Gasteiger partial charge in [-0.2, -0.15) is 0 Å².